The smallest absolute Gasteiger partial charge is 0.229 e. The minimum absolute atomic E-state index is 0.0346. The van der Waals surface area contributed by atoms with E-state index in [4.69, 9.17) is 5.26 Å². The molecule has 124 valence electrons. The lowest BCUT2D eigenvalue weighted by molar-refractivity contribution is -0.121. The summed E-state index contributed by atoms with van der Waals surface area (Å²) in [5.41, 5.74) is 1.95. The fourth-order valence-corrected chi connectivity index (χ4v) is 3.63. The van der Waals surface area contributed by atoms with E-state index in [1.807, 2.05) is 35.7 Å². The normalized spacial score (nSPS) is 15.8. The van der Waals surface area contributed by atoms with E-state index in [9.17, 15) is 4.79 Å². The number of rotatable bonds is 5. The van der Waals surface area contributed by atoms with Crippen molar-refractivity contribution >= 4 is 22.4 Å². The highest BCUT2D eigenvalue weighted by Crippen LogP contribution is 2.26. The van der Waals surface area contributed by atoms with E-state index in [1.165, 1.54) is 11.3 Å². The molecule has 0 spiro atoms. The Kier molecular flexibility index (Phi) is 5.57. The molecule has 1 fully saturated rings. The molecule has 24 heavy (non-hydrogen) atoms. The molecule has 1 amide bonds. The largest absolute Gasteiger partial charge is 0.302 e. The number of likely N-dealkylation sites (tertiary alicyclic amines) is 1. The van der Waals surface area contributed by atoms with Crippen LogP contribution in [0.2, 0.25) is 0 Å². The minimum atomic E-state index is 0.0346. The first-order valence-corrected chi connectivity index (χ1v) is 9.05. The van der Waals surface area contributed by atoms with Crippen LogP contribution in [0.3, 0.4) is 0 Å². The van der Waals surface area contributed by atoms with Gasteiger partial charge in [-0.15, -0.1) is 11.3 Å². The average molecular weight is 340 g/mol. The first kappa shape index (κ1) is 16.6. The zero-order valence-corrected chi connectivity index (χ0v) is 14.3. The molecule has 1 aromatic carbocycles. The summed E-state index contributed by atoms with van der Waals surface area (Å²) >= 11 is 1.46. The monoisotopic (exact) mass is 340 g/mol. The fraction of sp³-hybridized carbons (Fsp3) is 0.389. The number of nitrogens with zero attached hydrogens (tertiary/aromatic N) is 3. The van der Waals surface area contributed by atoms with Crippen molar-refractivity contribution in [1.29, 1.82) is 5.26 Å². The van der Waals surface area contributed by atoms with Crippen molar-refractivity contribution in [3.05, 3.63) is 35.7 Å². The first-order valence-electron chi connectivity index (χ1n) is 8.17. The number of amides is 1. The SMILES string of the molecule is N#CCCN1CCC(C(=O)Nc2nc(-c3ccccc3)cs2)CC1. The zero-order valence-electron chi connectivity index (χ0n) is 13.4. The number of nitrogens with one attached hydrogen (secondary N) is 1. The van der Waals surface area contributed by atoms with Gasteiger partial charge in [0.05, 0.1) is 11.8 Å². The van der Waals surface area contributed by atoms with E-state index in [0.29, 0.717) is 11.6 Å². The van der Waals surface area contributed by atoms with E-state index in [-0.39, 0.29) is 11.8 Å². The molecule has 0 radical (unpaired) electrons. The van der Waals surface area contributed by atoms with Gasteiger partial charge in [0, 0.05) is 29.8 Å². The topological polar surface area (TPSA) is 69.0 Å². The quantitative estimate of drug-likeness (QED) is 0.906. The number of carbonyl (C=O) groups is 1. The van der Waals surface area contributed by atoms with Crippen molar-refractivity contribution < 1.29 is 4.79 Å². The van der Waals surface area contributed by atoms with Crippen molar-refractivity contribution in [2.24, 2.45) is 5.92 Å². The first-order chi connectivity index (χ1) is 11.8. The van der Waals surface area contributed by atoms with Gasteiger partial charge in [-0.3, -0.25) is 4.79 Å². The molecule has 0 atom stereocenters. The number of nitriles is 1. The fourth-order valence-electron chi connectivity index (χ4n) is 2.91. The molecule has 1 N–H and O–H groups in total. The van der Waals surface area contributed by atoms with Gasteiger partial charge in [-0.1, -0.05) is 30.3 Å². The minimum Gasteiger partial charge on any atom is -0.302 e. The summed E-state index contributed by atoms with van der Waals surface area (Å²) in [6.07, 6.45) is 2.24. The number of hydrogen-bond donors (Lipinski definition) is 1. The maximum Gasteiger partial charge on any atom is 0.229 e. The Labute approximate surface area is 145 Å². The molecule has 3 rings (SSSR count). The van der Waals surface area contributed by atoms with Crippen molar-refractivity contribution in [3.63, 3.8) is 0 Å². The number of benzene rings is 1. The summed E-state index contributed by atoms with van der Waals surface area (Å²) in [5.74, 6) is 0.0938. The molecule has 0 unspecified atom stereocenters. The summed E-state index contributed by atoms with van der Waals surface area (Å²) in [6, 6.07) is 12.1. The molecule has 1 aliphatic rings. The van der Waals surface area contributed by atoms with Gasteiger partial charge < -0.3 is 10.2 Å². The van der Waals surface area contributed by atoms with E-state index in [1.54, 1.807) is 0 Å². The van der Waals surface area contributed by atoms with Crippen LogP contribution in [0.5, 0.6) is 0 Å². The van der Waals surface area contributed by atoms with Gasteiger partial charge in [0.1, 0.15) is 0 Å². The average Bonchev–Trinajstić information content (AvgIpc) is 3.09. The molecule has 0 bridgehead atoms. The molecular formula is C18H20N4OS. The molecule has 0 aliphatic carbocycles. The van der Waals surface area contributed by atoms with Crippen molar-refractivity contribution in [2.45, 2.75) is 19.3 Å². The standard InChI is InChI=1S/C18H20N4OS/c19-9-4-10-22-11-7-15(8-12-22)17(23)21-18-20-16(13-24-18)14-5-2-1-3-6-14/h1-3,5-6,13,15H,4,7-8,10-12H2,(H,20,21,23). The summed E-state index contributed by atoms with van der Waals surface area (Å²) in [6.45, 7) is 2.57. The summed E-state index contributed by atoms with van der Waals surface area (Å²) in [7, 11) is 0. The molecular weight excluding hydrogens is 320 g/mol. The lowest BCUT2D eigenvalue weighted by atomic mass is 9.96. The third kappa shape index (κ3) is 4.19. The molecule has 1 aromatic heterocycles. The Balaban J connectivity index is 1.53. The molecule has 1 aliphatic heterocycles. The second kappa shape index (κ2) is 8.04. The highest BCUT2D eigenvalue weighted by Gasteiger charge is 2.25. The lowest BCUT2D eigenvalue weighted by Gasteiger charge is -2.30. The summed E-state index contributed by atoms with van der Waals surface area (Å²) in [5, 5.41) is 14.2. The van der Waals surface area contributed by atoms with Crippen LogP contribution in [0.15, 0.2) is 35.7 Å². The summed E-state index contributed by atoms with van der Waals surface area (Å²) < 4.78 is 0. The Morgan fingerprint density at radius 3 is 2.79 bits per heavy atom. The van der Waals surface area contributed by atoms with Gasteiger partial charge in [0.25, 0.3) is 0 Å². The van der Waals surface area contributed by atoms with Crippen LogP contribution in [-0.4, -0.2) is 35.4 Å². The lowest BCUT2D eigenvalue weighted by Crippen LogP contribution is -2.38. The van der Waals surface area contributed by atoms with Gasteiger partial charge >= 0.3 is 0 Å². The Morgan fingerprint density at radius 2 is 2.08 bits per heavy atom. The van der Waals surface area contributed by atoms with Gasteiger partial charge in [-0.2, -0.15) is 5.26 Å². The van der Waals surface area contributed by atoms with Gasteiger partial charge in [0.15, 0.2) is 5.13 Å². The van der Waals surface area contributed by atoms with Crippen LogP contribution >= 0.6 is 11.3 Å². The zero-order chi connectivity index (χ0) is 16.8. The van der Waals surface area contributed by atoms with E-state index in [2.05, 4.69) is 21.3 Å². The highest BCUT2D eigenvalue weighted by atomic mass is 32.1. The maximum atomic E-state index is 12.4. The third-order valence-corrected chi connectivity index (χ3v) is 5.06. The molecule has 0 saturated carbocycles. The predicted octanol–water partition coefficient (Wildman–Crippen LogP) is 3.37. The number of anilines is 1. The van der Waals surface area contributed by atoms with E-state index < -0.39 is 0 Å². The molecule has 2 heterocycles. The van der Waals surface area contributed by atoms with E-state index >= 15 is 0 Å². The number of piperidine rings is 1. The number of aromatic nitrogens is 1. The summed E-state index contributed by atoms with van der Waals surface area (Å²) in [4.78, 5) is 19.2. The highest BCUT2D eigenvalue weighted by molar-refractivity contribution is 7.14. The van der Waals surface area contributed by atoms with Gasteiger partial charge in [-0.25, -0.2) is 4.98 Å². The molecule has 6 heteroatoms. The predicted molar refractivity (Wildman–Crippen MR) is 95.6 cm³/mol. The molecule has 5 nitrogen and oxygen atoms in total. The van der Waals surface area contributed by atoms with Crippen molar-refractivity contribution in [3.8, 4) is 17.3 Å². The second-order valence-corrected chi connectivity index (χ2v) is 6.78. The molecule has 2 aromatic rings. The number of carbonyl (C=O) groups excluding carboxylic acids is 1. The second-order valence-electron chi connectivity index (χ2n) is 5.92. The van der Waals surface area contributed by atoms with Crippen molar-refractivity contribution in [1.82, 2.24) is 9.88 Å². The van der Waals surface area contributed by atoms with Crippen LogP contribution in [-0.2, 0) is 4.79 Å². The van der Waals surface area contributed by atoms with Gasteiger partial charge in [0.2, 0.25) is 5.91 Å². The van der Waals surface area contributed by atoms with E-state index in [0.717, 1.165) is 43.7 Å². The number of hydrogen-bond acceptors (Lipinski definition) is 5. The van der Waals surface area contributed by atoms with Crippen LogP contribution in [0.25, 0.3) is 11.3 Å². The van der Waals surface area contributed by atoms with Gasteiger partial charge in [-0.05, 0) is 25.9 Å². The number of thiazole rings is 1. The van der Waals surface area contributed by atoms with Crippen LogP contribution in [0.4, 0.5) is 5.13 Å². The third-order valence-electron chi connectivity index (χ3n) is 4.30. The van der Waals surface area contributed by atoms with Crippen LogP contribution in [0, 0.1) is 17.2 Å². The van der Waals surface area contributed by atoms with Crippen LogP contribution in [0.1, 0.15) is 19.3 Å². The maximum absolute atomic E-state index is 12.4. The Hall–Kier alpha value is -2.23. The molecule has 1 saturated heterocycles. The Bertz CT molecular complexity index is 714. The Morgan fingerprint density at radius 1 is 1.33 bits per heavy atom. The van der Waals surface area contributed by atoms with Crippen LogP contribution < -0.4 is 5.32 Å². The van der Waals surface area contributed by atoms with Crippen molar-refractivity contribution in [2.75, 3.05) is 25.0 Å².